The van der Waals surface area contributed by atoms with Crippen molar-refractivity contribution in [1.29, 1.82) is 0 Å². The smallest absolute Gasteiger partial charge is 0.331 e. The summed E-state index contributed by atoms with van der Waals surface area (Å²) >= 11 is 3.38. The topological polar surface area (TPSA) is 82.7 Å². The van der Waals surface area contributed by atoms with Gasteiger partial charge in [-0.2, -0.15) is 0 Å². The summed E-state index contributed by atoms with van der Waals surface area (Å²) < 4.78 is 13.1. The van der Waals surface area contributed by atoms with Crippen LogP contribution in [-0.4, -0.2) is 39.4 Å². The van der Waals surface area contributed by atoms with E-state index in [4.69, 9.17) is 9.47 Å². The number of allylic oxidation sites excluding steroid dienone is 2. The van der Waals surface area contributed by atoms with Gasteiger partial charge in [-0.25, -0.2) is 4.79 Å². The second kappa shape index (κ2) is 8.79. The maximum atomic E-state index is 13.1. The van der Waals surface area contributed by atoms with Gasteiger partial charge < -0.3 is 14.6 Å². The minimum atomic E-state index is -1.41. The van der Waals surface area contributed by atoms with Crippen molar-refractivity contribution in [2.75, 3.05) is 19.5 Å². The van der Waals surface area contributed by atoms with Gasteiger partial charge in [-0.1, -0.05) is 33.7 Å². The molecular weight excluding hydrogens is 428 g/mol. The Kier molecular flexibility index (Phi) is 6.90. The van der Waals surface area contributed by atoms with E-state index in [2.05, 4.69) is 22.5 Å². The molecule has 1 aromatic carbocycles. The Morgan fingerprint density at radius 2 is 1.86 bits per heavy atom. The third-order valence-corrected chi connectivity index (χ3v) is 5.37. The average Bonchev–Trinajstić information content (AvgIpc) is 2.69. The van der Waals surface area contributed by atoms with Crippen LogP contribution in [0.3, 0.4) is 0 Å². The molecule has 2 aromatic rings. The molecule has 0 aliphatic heterocycles. The summed E-state index contributed by atoms with van der Waals surface area (Å²) in [6.45, 7) is 7.05. The lowest BCUT2D eigenvalue weighted by molar-refractivity contribution is 0.0892. The van der Waals surface area contributed by atoms with Crippen LogP contribution in [0.4, 0.5) is 0 Å². The molecule has 0 aliphatic carbocycles. The predicted molar refractivity (Wildman–Crippen MR) is 114 cm³/mol. The molecule has 28 heavy (non-hydrogen) atoms. The molecule has 0 radical (unpaired) electrons. The highest BCUT2D eigenvalue weighted by atomic mass is 79.9. The highest BCUT2D eigenvalue weighted by Crippen LogP contribution is 2.30. The quantitative estimate of drug-likeness (QED) is 0.491. The number of benzene rings is 1. The predicted octanol–water partition coefficient (Wildman–Crippen LogP) is 2.46. The zero-order chi connectivity index (χ0) is 21.1. The SMILES string of the molecule is C=CC(C)(O)Cn1c(=O)c2cc(OC)c(OC)cc2n(C/C=C(\C)CBr)c1=O. The van der Waals surface area contributed by atoms with Gasteiger partial charge in [0, 0.05) is 17.9 Å². The largest absolute Gasteiger partial charge is 0.493 e. The van der Waals surface area contributed by atoms with E-state index in [9.17, 15) is 14.7 Å². The van der Waals surface area contributed by atoms with Gasteiger partial charge >= 0.3 is 5.69 Å². The first-order chi connectivity index (χ1) is 13.2. The van der Waals surface area contributed by atoms with Gasteiger partial charge in [0.15, 0.2) is 11.5 Å². The Morgan fingerprint density at radius 1 is 1.25 bits per heavy atom. The Balaban J connectivity index is 2.90. The van der Waals surface area contributed by atoms with E-state index in [1.54, 1.807) is 12.1 Å². The van der Waals surface area contributed by atoms with Crippen LogP contribution in [0.5, 0.6) is 11.5 Å². The van der Waals surface area contributed by atoms with Crippen LogP contribution < -0.4 is 20.7 Å². The van der Waals surface area contributed by atoms with Crippen molar-refractivity contribution in [2.24, 2.45) is 0 Å². The number of halogens is 1. The molecule has 152 valence electrons. The number of nitrogens with zero attached hydrogens (tertiary/aromatic N) is 2. The molecule has 1 atom stereocenters. The summed E-state index contributed by atoms with van der Waals surface area (Å²) in [6.07, 6.45) is 3.20. The Morgan fingerprint density at radius 3 is 2.39 bits per heavy atom. The van der Waals surface area contributed by atoms with E-state index in [1.807, 2.05) is 13.0 Å². The number of hydrogen-bond acceptors (Lipinski definition) is 5. The molecule has 0 saturated carbocycles. The van der Waals surface area contributed by atoms with Gasteiger partial charge in [0.05, 0.1) is 37.3 Å². The molecule has 2 rings (SSSR count). The van der Waals surface area contributed by atoms with Crippen molar-refractivity contribution in [3.63, 3.8) is 0 Å². The van der Waals surface area contributed by atoms with Crippen LogP contribution in [0.2, 0.25) is 0 Å². The first-order valence-electron chi connectivity index (χ1n) is 8.66. The molecule has 0 bridgehead atoms. The van der Waals surface area contributed by atoms with Crippen molar-refractivity contribution >= 4 is 26.8 Å². The van der Waals surface area contributed by atoms with Gasteiger partial charge in [0.2, 0.25) is 0 Å². The fourth-order valence-electron chi connectivity index (χ4n) is 2.75. The number of alkyl halides is 1. The lowest BCUT2D eigenvalue weighted by atomic mass is 10.1. The molecule has 8 heteroatoms. The molecule has 0 aliphatic rings. The normalized spacial score (nSPS) is 14.0. The minimum absolute atomic E-state index is 0.209. The van der Waals surface area contributed by atoms with Crippen molar-refractivity contribution in [3.05, 3.63) is 57.3 Å². The van der Waals surface area contributed by atoms with Gasteiger partial charge in [-0.15, -0.1) is 6.58 Å². The van der Waals surface area contributed by atoms with Crippen LogP contribution in [0.25, 0.3) is 10.9 Å². The first kappa shape index (κ1) is 22.0. The third kappa shape index (κ3) is 4.39. The molecule has 0 amide bonds. The van der Waals surface area contributed by atoms with Crippen LogP contribution in [-0.2, 0) is 13.1 Å². The van der Waals surface area contributed by atoms with E-state index >= 15 is 0 Å². The molecule has 1 unspecified atom stereocenters. The van der Waals surface area contributed by atoms with Crippen molar-refractivity contribution in [2.45, 2.75) is 32.5 Å². The highest BCUT2D eigenvalue weighted by molar-refractivity contribution is 9.09. The molecule has 7 nitrogen and oxygen atoms in total. The maximum absolute atomic E-state index is 13.1. The van der Waals surface area contributed by atoms with Gasteiger partial charge in [-0.3, -0.25) is 13.9 Å². The van der Waals surface area contributed by atoms with Gasteiger partial charge in [0.25, 0.3) is 5.56 Å². The van der Waals surface area contributed by atoms with Crippen molar-refractivity contribution in [3.8, 4) is 11.5 Å². The molecule has 1 aromatic heterocycles. The third-order valence-electron chi connectivity index (χ3n) is 4.48. The zero-order valence-corrected chi connectivity index (χ0v) is 18.1. The van der Waals surface area contributed by atoms with Crippen molar-refractivity contribution < 1.29 is 14.6 Å². The molecule has 1 N–H and O–H groups in total. The first-order valence-corrected chi connectivity index (χ1v) is 9.78. The zero-order valence-electron chi connectivity index (χ0n) is 16.5. The molecule has 0 spiro atoms. The summed E-state index contributed by atoms with van der Waals surface area (Å²) in [5, 5.41) is 11.3. The average molecular weight is 453 g/mol. The van der Waals surface area contributed by atoms with E-state index in [0.29, 0.717) is 27.7 Å². The number of aliphatic hydroxyl groups is 1. The van der Waals surface area contributed by atoms with Crippen LogP contribution in [0, 0.1) is 0 Å². The van der Waals surface area contributed by atoms with Crippen molar-refractivity contribution in [1.82, 2.24) is 9.13 Å². The summed E-state index contributed by atoms with van der Waals surface area (Å²) in [6, 6.07) is 3.16. The summed E-state index contributed by atoms with van der Waals surface area (Å²) in [5.41, 5.74) is -0.977. The maximum Gasteiger partial charge on any atom is 0.331 e. The molecule has 0 fully saturated rings. The van der Waals surface area contributed by atoms with Crippen LogP contribution in [0.15, 0.2) is 46.0 Å². The van der Waals surface area contributed by atoms with Gasteiger partial charge in [0.1, 0.15) is 0 Å². The molecule has 0 saturated heterocycles. The van der Waals surface area contributed by atoms with E-state index in [0.717, 1.165) is 10.1 Å². The van der Waals surface area contributed by atoms with E-state index in [-0.39, 0.29) is 13.1 Å². The number of aromatic nitrogens is 2. The van der Waals surface area contributed by atoms with Gasteiger partial charge in [-0.05, 0) is 19.9 Å². The Hall–Kier alpha value is -2.32. The second-order valence-electron chi connectivity index (χ2n) is 6.75. The number of fused-ring (bicyclic) bond motifs is 1. The fraction of sp³-hybridized carbons (Fsp3) is 0.400. The lowest BCUT2D eigenvalue weighted by Crippen LogP contribution is -2.45. The minimum Gasteiger partial charge on any atom is -0.493 e. The van der Waals surface area contributed by atoms with E-state index < -0.39 is 16.9 Å². The Bertz CT molecular complexity index is 1030. The van der Waals surface area contributed by atoms with Crippen LogP contribution in [0.1, 0.15) is 13.8 Å². The lowest BCUT2D eigenvalue weighted by Gasteiger charge is -2.21. The summed E-state index contributed by atoms with van der Waals surface area (Å²) in [4.78, 5) is 26.2. The van der Waals surface area contributed by atoms with Crippen LogP contribution >= 0.6 is 15.9 Å². The standard InChI is InChI=1S/C20H25BrN2O5/c1-6-20(3,26)12-23-18(24)14-9-16(27-4)17(28-5)10-15(14)22(19(23)25)8-7-13(2)11-21/h6-7,9-10,26H,1,8,11-12H2,2-5H3/b13-7+. The number of ether oxygens (including phenoxy) is 2. The molecule has 1 heterocycles. The fourth-order valence-corrected chi connectivity index (χ4v) is 2.98. The summed E-state index contributed by atoms with van der Waals surface area (Å²) in [7, 11) is 2.96. The molecular formula is C20H25BrN2O5. The number of rotatable bonds is 8. The summed E-state index contributed by atoms with van der Waals surface area (Å²) in [5.74, 6) is 0.797. The van der Waals surface area contributed by atoms with E-state index in [1.165, 1.54) is 31.8 Å². The number of hydrogen-bond donors (Lipinski definition) is 1. The second-order valence-corrected chi connectivity index (χ2v) is 7.31. The highest BCUT2D eigenvalue weighted by Gasteiger charge is 2.22. The monoisotopic (exact) mass is 452 g/mol. The Labute approximate surface area is 171 Å². The number of methoxy groups -OCH3 is 2.